The first-order valence-electron chi connectivity index (χ1n) is 21.3. The van der Waals surface area contributed by atoms with Gasteiger partial charge >= 0.3 is 0 Å². The zero-order valence-electron chi connectivity index (χ0n) is 33.7. The quantitative estimate of drug-likeness (QED) is 0.178. The summed E-state index contributed by atoms with van der Waals surface area (Å²) in [5.74, 6) is 1.67. The van der Waals surface area contributed by atoms with Crippen molar-refractivity contribution in [3.05, 3.63) is 200 Å². The van der Waals surface area contributed by atoms with Crippen molar-refractivity contribution in [2.45, 2.75) is 0 Å². The molecule has 0 fully saturated rings. The molecule has 0 saturated carbocycles. The van der Waals surface area contributed by atoms with Crippen LogP contribution < -0.4 is 0 Å². The van der Waals surface area contributed by atoms with Crippen LogP contribution in [-0.2, 0) is 0 Å². The summed E-state index contributed by atoms with van der Waals surface area (Å²) in [6.45, 7) is 0. The molecule has 0 aliphatic rings. The average molecular weight is 804 g/mol. The lowest BCUT2D eigenvalue weighted by Crippen LogP contribution is -2.08. The largest absolute Gasteiger partial charge is 0.455 e. The number of hydrogen-bond acceptors (Lipinski definition) is 4. The van der Waals surface area contributed by atoms with Gasteiger partial charge < -0.3 is 8.98 Å². The van der Waals surface area contributed by atoms with Gasteiger partial charge in [0.2, 0.25) is 5.95 Å². The first-order chi connectivity index (χ1) is 31.2. The zero-order chi connectivity index (χ0) is 41.2. The smallest absolute Gasteiger partial charge is 0.238 e. The van der Waals surface area contributed by atoms with Gasteiger partial charge in [-0.3, -0.25) is 4.57 Å². The van der Waals surface area contributed by atoms with Gasteiger partial charge in [0.15, 0.2) is 11.6 Å². The highest BCUT2D eigenvalue weighted by molar-refractivity contribution is 6.21. The van der Waals surface area contributed by atoms with E-state index in [0.29, 0.717) is 17.6 Å². The molecule has 4 heterocycles. The highest BCUT2D eigenvalue weighted by Gasteiger charge is 2.26. The fraction of sp³-hybridized carbons (Fsp3) is 0. The second-order valence-electron chi connectivity index (χ2n) is 16.4. The summed E-state index contributed by atoms with van der Waals surface area (Å²) in [6.07, 6.45) is 0. The van der Waals surface area contributed by atoms with Gasteiger partial charge in [0, 0.05) is 43.3 Å². The summed E-state index contributed by atoms with van der Waals surface area (Å²) in [5.41, 5.74) is 8.54. The van der Waals surface area contributed by atoms with Crippen LogP contribution in [0.3, 0.4) is 0 Å². The standard InChI is InChI=1S/C57H33N5O/c1-2-15-36-31-39(26-25-34(36)13-1)55-58-56(60-57(59-55)62-47-23-11-7-19-41(47)42-20-8-12-24-48(42)62)53-49(29-30-51-52(53)44-28-27-35-14-5-6-18-40(35)54(44)63-51)61-46-22-10-9-21-43(46)45-32-37-16-3-4-17-38(37)33-50(45)61/h1-33H. The van der Waals surface area contributed by atoms with E-state index in [1.54, 1.807) is 0 Å². The molecule has 14 rings (SSSR count). The Hall–Kier alpha value is -8.61. The van der Waals surface area contributed by atoms with Crippen LogP contribution in [0.15, 0.2) is 205 Å². The molecular weight excluding hydrogens is 771 g/mol. The SMILES string of the molecule is c1ccc2cc(-c3nc(-c4c(-n5c6ccccc6c6cc7ccccc7cc65)ccc5oc6c7ccccc7ccc6c45)nc(-n4c5ccccc5c5ccccc54)n3)ccc2c1. The summed E-state index contributed by atoms with van der Waals surface area (Å²) >= 11 is 0. The minimum Gasteiger partial charge on any atom is -0.455 e. The number of benzene rings is 10. The van der Waals surface area contributed by atoms with E-state index in [-0.39, 0.29) is 0 Å². The fourth-order valence-electron chi connectivity index (χ4n) is 10.1. The molecule has 10 aromatic carbocycles. The fourth-order valence-corrected chi connectivity index (χ4v) is 10.1. The van der Waals surface area contributed by atoms with E-state index in [0.717, 1.165) is 93.1 Å². The number of furan rings is 1. The molecule has 292 valence electrons. The van der Waals surface area contributed by atoms with E-state index in [1.807, 2.05) is 0 Å². The summed E-state index contributed by atoms with van der Waals surface area (Å²) in [4.78, 5) is 16.5. The molecule has 14 aromatic rings. The summed E-state index contributed by atoms with van der Waals surface area (Å²) in [6, 6.07) is 70.9. The third-order valence-electron chi connectivity index (χ3n) is 12.9. The molecule has 0 aliphatic heterocycles. The Labute approximate surface area is 359 Å². The van der Waals surface area contributed by atoms with Crippen LogP contribution in [0.2, 0.25) is 0 Å². The number of aromatic nitrogens is 5. The Bertz CT molecular complexity index is 4180. The molecule has 0 bridgehead atoms. The van der Waals surface area contributed by atoms with Crippen LogP contribution in [-0.4, -0.2) is 24.1 Å². The minimum absolute atomic E-state index is 0.537. The molecule has 63 heavy (non-hydrogen) atoms. The lowest BCUT2D eigenvalue weighted by atomic mass is 10.0. The maximum Gasteiger partial charge on any atom is 0.238 e. The van der Waals surface area contributed by atoms with Crippen LogP contribution in [0.5, 0.6) is 0 Å². The Morgan fingerprint density at radius 2 is 0.905 bits per heavy atom. The van der Waals surface area contributed by atoms with E-state index < -0.39 is 0 Å². The summed E-state index contributed by atoms with van der Waals surface area (Å²) in [5, 5.41) is 13.4. The Kier molecular flexibility index (Phi) is 7.02. The van der Waals surface area contributed by atoms with Crippen LogP contribution in [0, 0.1) is 0 Å². The molecule has 0 N–H and O–H groups in total. The molecule has 0 aliphatic carbocycles. The number of hydrogen-bond donors (Lipinski definition) is 0. The summed E-state index contributed by atoms with van der Waals surface area (Å²) < 4.78 is 11.5. The average Bonchev–Trinajstić information content (AvgIpc) is 4.00. The lowest BCUT2D eigenvalue weighted by molar-refractivity contribution is 0.672. The van der Waals surface area contributed by atoms with E-state index in [2.05, 4.69) is 209 Å². The van der Waals surface area contributed by atoms with Gasteiger partial charge in [0.05, 0.1) is 33.3 Å². The third-order valence-corrected chi connectivity index (χ3v) is 12.9. The number of fused-ring (bicyclic) bond motifs is 13. The molecular formula is C57H33N5O. The van der Waals surface area contributed by atoms with Gasteiger partial charge in [0.1, 0.15) is 11.2 Å². The Balaban J connectivity index is 1.17. The maximum atomic E-state index is 6.93. The molecule has 0 unspecified atom stereocenters. The van der Waals surface area contributed by atoms with Crippen LogP contribution >= 0.6 is 0 Å². The highest BCUT2D eigenvalue weighted by atomic mass is 16.3. The van der Waals surface area contributed by atoms with E-state index in [9.17, 15) is 0 Å². The second kappa shape index (κ2) is 12.9. The molecule has 4 aromatic heterocycles. The first kappa shape index (κ1) is 34.1. The minimum atomic E-state index is 0.537. The second-order valence-corrected chi connectivity index (χ2v) is 16.4. The summed E-state index contributed by atoms with van der Waals surface area (Å²) in [7, 11) is 0. The van der Waals surface area contributed by atoms with Crippen molar-refractivity contribution in [1.82, 2.24) is 24.1 Å². The van der Waals surface area contributed by atoms with Crippen molar-refractivity contribution in [2.75, 3.05) is 0 Å². The van der Waals surface area contributed by atoms with Crippen molar-refractivity contribution >= 4 is 97.9 Å². The van der Waals surface area contributed by atoms with E-state index in [1.165, 1.54) is 21.5 Å². The van der Waals surface area contributed by atoms with Crippen molar-refractivity contribution in [3.8, 4) is 34.4 Å². The van der Waals surface area contributed by atoms with Crippen molar-refractivity contribution in [3.63, 3.8) is 0 Å². The van der Waals surface area contributed by atoms with Crippen LogP contribution in [0.25, 0.3) is 132 Å². The number of rotatable bonds is 4. The predicted molar refractivity (Wildman–Crippen MR) is 259 cm³/mol. The van der Waals surface area contributed by atoms with E-state index >= 15 is 0 Å². The lowest BCUT2D eigenvalue weighted by Gasteiger charge is -2.16. The predicted octanol–water partition coefficient (Wildman–Crippen LogP) is 14.8. The molecule has 0 saturated heterocycles. The Morgan fingerprint density at radius 3 is 1.63 bits per heavy atom. The van der Waals surface area contributed by atoms with Gasteiger partial charge in [-0.05, 0) is 81.5 Å². The number of nitrogens with zero attached hydrogens (tertiary/aromatic N) is 5. The van der Waals surface area contributed by atoms with Gasteiger partial charge in [0.25, 0.3) is 0 Å². The maximum absolute atomic E-state index is 6.93. The van der Waals surface area contributed by atoms with Gasteiger partial charge in [-0.25, -0.2) is 4.98 Å². The zero-order valence-corrected chi connectivity index (χ0v) is 33.7. The molecule has 0 radical (unpaired) electrons. The van der Waals surface area contributed by atoms with Gasteiger partial charge in [-0.15, -0.1) is 0 Å². The van der Waals surface area contributed by atoms with Crippen LogP contribution in [0.4, 0.5) is 0 Å². The van der Waals surface area contributed by atoms with Gasteiger partial charge in [-0.2, -0.15) is 9.97 Å². The molecule has 0 atom stereocenters. The van der Waals surface area contributed by atoms with Gasteiger partial charge in [-0.1, -0.05) is 146 Å². The van der Waals surface area contributed by atoms with E-state index in [4.69, 9.17) is 19.4 Å². The van der Waals surface area contributed by atoms with Crippen LogP contribution in [0.1, 0.15) is 0 Å². The van der Waals surface area contributed by atoms with Crippen molar-refractivity contribution in [2.24, 2.45) is 0 Å². The first-order valence-corrected chi connectivity index (χ1v) is 21.3. The third kappa shape index (κ3) is 4.97. The number of para-hydroxylation sites is 3. The molecule has 0 spiro atoms. The molecule has 6 heteroatoms. The Morgan fingerprint density at radius 1 is 0.349 bits per heavy atom. The highest BCUT2D eigenvalue weighted by Crippen LogP contribution is 2.45. The molecule has 6 nitrogen and oxygen atoms in total. The van der Waals surface area contributed by atoms with Crippen molar-refractivity contribution < 1.29 is 4.42 Å². The molecule has 0 amide bonds. The topological polar surface area (TPSA) is 61.7 Å². The monoisotopic (exact) mass is 803 g/mol. The van der Waals surface area contributed by atoms with Crippen molar-refractivity contribution in [1.29, 1.82) is 0 Å². The normalized spacial score (nSPS) is 12.1.